The highest BCUT2D eigenvalue weighted by atomic mass is 15.0. The van der Waals surface area contributed by atoms with Crippen molar-refractivity contribution in [3.63, 3.8) is 0 Å². The quantitative estimate of drug-likeness (QED) is 0.153. The van der Waals surface area contributed by atoms with E-state index in [2.05, 4.69) is 254 Å². The van der Waals surface area contributed by atoms with Crippen LogP contribution in [0.2, 0.25) is 0 Å². The average molecular weight is 853 g/mol. The van der Waals surface area contributed by atoms with Crippen LogP contribution in [0.15, 0.2) is 231 Å². The number of benzene rings is 11. The minimum Gasteiger partial charge on any atom is -0.309 e. The van der Waals surface area contributed by atoms with Gasteiger partial charge in [-0.1, -0.05) is 196 Å². The van der Waals surface area contributed by atoms with Crippen molar-refractivity contribution in [1.82, 2.24) is 9.13 Å². The SMILES string of the molecule is CC1(C)c2ccccc2-c2ccc(-c3c4cccc(-c5cccc6c7ccccc7n(-c7ccccc7)c56)c4cc4c(-c5cccc6c7ccccc7n(-c7ccccc7)c56)cccc34)cc21. The molecule has 2 heterocycles. The first-order chi connectivity index (χ1) is 33.0. The monoisotopic (exact) mass is 852 g/mol. The van der Waals surface area contributed by atoms with Crippen molar-refractivity contribution in [2.75, 3.05) is 0 Å². The number of aromatic nitrogens is 2. The van der Waals surface area contributed by atoms with Crippen LogP contribution in [0.25, 0.3) is 121 Å². The van der Waals surface area contributed by atoms with Crippen molar-refractivity contribution in [2.24, 2.45) is 0 Å². The third kappa shape index (κ3) is 5.39. The zero-order chi connectivity index (χ0) is 44.4. The molecule has 1 aliphatic carbocycles. The Morgan fingerprint density at radius 1 is 0.284 bits per heavy atom. The van der Waals surface area contributed by atoms with Crippen molar-refractivity contribution in [2.45, 2.75) is 19.3 Å². The molecule has 0 amide bonds. The van der Waals surface area contributed by atoms with E-state index in [1.54, 1.807) is 0 Å². The Balaban J connectivity index is 1.12. The van der Waals surface area contributed by atoms with Gasteiger partial charge in [-0.2, -0.15) is 0 Å². The van der Waals surface area contributed by atoms with Crippen LogP contribution >= 0.6 is 0 Å². The van der Waals surface area contributed by atoms with Crippen LogP contribution in [0.3, 0.4) is 0 Å². The van der Waals surface area contributed by atoms with Crippen molar-refractivity contribution in [3.05, 3.63) is 242 Å². The number of rotatable bonds is 5. The molecule has 13 aromatic rings. The second-order valence-electron chi connectivity index (χ2n) is 18.8. The van der Waals surface area contributed by atoms with E-state index >= 15 is 0 Å². The normalized spacial score (nSPS) is 13.0. The van der Waals surface area contributed by atoms with Gasteiger partial charge in [0.25, 0.3) is 0 Å². The first kappa shape index (κ1) is 37.9. The summed E-state index contributed by atoms with van der Waals surface area (Å²) >= 11 is 0. The summed E-state index contributed by atoms with van der Waals surface area (Å²) in [6.45, 7) is 4.77. The van der Waals surface area contributed by atoms with Crippen LogP contribution < -0.4 is 0 Å². The van der Waals surface area contributed by atoms with Gasteiger partial charge in [-0.05, 0) is 115 Å². The van der Waals surface area contributed by atoms with Crippen LogP contribution in [-0.4, -0.2) is 9.13 Å². The van der Waals surface area contributed by atoms with Crippen LogP contribution in [0.1, 0.15) is 25.0 Å². The average Bonchev–Trinajstić information content (AvgIpc) is 3.99. The summed E-state index contributed by atoms with van der Waals surface area (Å²) in [4.78, 5) is 0. The largest absolute Gasteiger partial charge is 0.309 e. The van der Waals surface area contributed by atoms with Gasteiger partial charge in [0.2, 0.25) is 0 Å². The lowest BCUT2D eigenvalue weighted by Crippen LogP contribution is -2.14. The maximum atomic E-state index is 2.51. The fourth-order valence-corrected chi connectivity index (χ4v) is 12.0. The highest BCUT2D eigenvalue weighted by Crippen LogP contribution is 2.52. The van der Waals surface area contributed by atoms with Gasteiger partial charge in [-0.25, -0.2) is 0 Å². The van der Waals surface area contributed by atoms with E-state index in [1.807, 2.05) is 0 Å². The molecular weight excluding hydrogens is 809 g/mol. The Morgan fingerprint density at radius 3 is 1.25 bits per heavy atom. The van der Waals surface area contributed by atoms with E-state index in [0.717, 1.165) is 11.4 Å². The van der Waals surface area contributed by atoms with Gasteiger partial charge in [0.1, 0.15) is 0 Å². The standard InChI is InChI=1S/C65H44N2/c1-65(2)58-34-12-9-23-46(58)47-38-37-41(39-59(47)65)62-50-28-15-26-44(52-30-17-32-54-48-24-10-13-35-60(48)66(63(52)54)42-19-5-3-6-20-42)56(50)40-57-45(27-16-29-51(57)62)53-31-18-33-55-49-25-11-14-36-61(49)67(64(53)55)43-21-7-4-8-22-43/h3-40H,1-2H3. The molecule has 0 aliphatic heterocycles. The number of fused-ring (bicyclic) bond motifs is 11. The molecule has 2 nitrogen and oxygen atoms in total. The van der Waals surface area contributed by atoms with Gasteiger partial charge in [0, 0.05) is 49.5 Å². The lowest BCUT2D eigenvalue weighted by Gasteiger charge is -2.23. The van der Waals surface area contributed by atoms with E-state index in [0.29, 0.717) is 0 Å². The van der Waals surface area contributed by atoms with E-state index < -0.39 is 0 Å². The van der Waals surface area contributed by atoms with Crippen LogP contribution in [0.4, 0.5) is 0 Å². The van der Waals surface area contributed by atoms with E-state index in [4.69, 9.17) is 0 Å². The summed E-state index contributed by atoms with van der Waals surface area (Å²) in [5.74, 6) is 0. The molecule has 0 atom stereocenters. The van der Waals surface area contributed by atoms with Gasteiger partial charge >= 0.3 is 0 Å². The third-order valence-corrected chi connectivity index (χ3v) is 14.9. The molecule has 0 N–H and O–H groups in total. The number of nitrogens with zero attached hydrogens (tertiary/aromatic N) is 2. The highest BCUT2D eigenvalue weighted by molar-refractivity contribution is 6.23. The molecule has 0 saturated carbocycles. The summed E-state index contributed by atoms with van der Waals surface area (Å²) in [5.41, 5.74) is 19.8. The Hall–Kier alpha value is -8.46. The molecule has 2 heteroatoms. The summed E-state index contributed by atoms with van der Waals surface area (Å²) in [5, 5.41) is 9.94. The van der Waals surface area contributed by atoms with Crippen molar-refractivity contribution in [3.8, 4) is 55.9 Å². The van der Waals surface area contributed by atoms with Gasteiger partial charge in [-0.3, -0.25) is 0 Å². The summed E-state index contributed by atoms with van der Waals surface area (Å²) < 4.78 is 4.94. The number of para-hydroxylation sites is 6. The van der Waals surface area contributed by atoms with Gasteiger partial charge in [0.05, 0.1) is 22.1 Å². The predicted molar refractivity (Wildman–Crippen MR) is 284 cm³/mol. The zero-order valence-corrected chi connectivity index (χ0v) is 37.3. The Kier molecular flexibility index (Phi) is 8.06. The van der Waals surface area contributed by atoms with E-state index in [-0.39, 0.29) is 5.41 Å². The van der Waals surface area contributed by atoms with Crippen molar-refractivity contribution in [1.29, 1.82) is 0 Å². The van der Waals surface area contributed by atoms with Crippen LogP contribution in [0, 0.1) is 0 Å². The van der Waals surface area contributed by atoms with Gasteiger partial charge < -0.3 is 9.13 Å². The van der Waals surface area contributed by atoms with Gasteiger partial charge in [-0.15, -0.1) is 0 Å². The highest BCUT2D eigenvalue weighted by Gasteiger charge is 2.35. The van der Waals surface area contributed by atoms with Crippen molar-refractivity contribution < 1.29 is 0 Å². The molecule has 0 fully saturated rings. The molecule has 14 rings (SSSR count). The zero-order valence-electron chi connectivity index (χ0n) is 37.3. The van der Waals surface area contributed by atoms with E-state index in [1.165, 1.54) is 121 Å². The molecule has 2 aromatic heterocycles. The summed E-state index contributed by atoms with van der Waals surface area (Å²) in [7, 11) is 0. The maximum absolute atomic E-state index is 2.51. The molecule has 0 radical (unpaired) electrons. The molecule has 314 valence electrons. The molecule has 1 aliphatic rings. The fraction of sp³-hybridized carbons (Fsp3) is 0.0462. The minimum absolute atomic E-state index is 0.139. The van der Waals surface area contributed by atoms with Gasteiger partial charge in [0.15, 0.2) is 0 Å². The Labute approximate surface area is 389 Å². The molecule has 0 spiro atoms. The third-order valence-electron chi connectivity index (χ3n) is 14.9. The Morgan fingerprint density at radius 2 is 0.701 bits per heavy atom. The first-order valence-electron chi connectivity index (χ1n) is 23.4. The minimum atomic E-state index is -0.139. The number of hydrogen-bond donors (Lipinski definition) is 0. The summed E-state index contributed by atoms with van der Waals surface area (Å²) in [6, 6.07) is 85.8. The van der Waals surface area contributed by atoms with Crippen LogP contribution in [0.5, 0.6) is 0 Å². The molecular formula is C65H44N2. The molecule has 0 saturated heterocycles. The smallest absolute Gasteiger partial charge is 0.0619 e. The lowest BCUT2D eigenvalue weighted by molar-refractivity contribution is 0.660. The topological polar surface area (TPSA) is 9.86 Å². The second kappa shape index (κ2) is 14.3. The fourth-order valence-electron chi connectivity index (χ4n) is 12.0. The molecule has 0 bridgehead atoms. The first-order valence-corrected chi connectivity index (χ1v) is 23.4. The van der Waals surface area contributed by atoms with Crippen LogP contribution in [-0.2, 0) is 5.41 Å². The lowest BCUT2D eigenvalue weighted by atomic mass is 9.80. The van der Waals surface area contributed by atoms with E-state index in [9.17, 15) is 0 Å². The molecule has 11 aromatic carbocycles. The maximum Gasteiger partial charge on any atom is 0.0619 e. The van der Waals surface area contributed by atoms with Crippen molar-refractivity contribution >= 4 is 65.2 Å². The second-order valence-corrected chi connectivity index (χ2v) is 18.8. The molecule has 67 heavy (non-hydrogen) atoms. The number of hydrogen-bond acceptors (Lipinski definition) is 0. The Bertz CT molecular complexity index is 3950. The molecule has 0 unspecified atom stereocenters. The summed E-state index contributed by atoms with van der Waals surface area (Å²) in [6.07, 6.45) is 0. The predicted octanol–water partition coefficient (Wildman–Crippen LogP) is 17.5.